The van der Waals surface area contributed by atoms with E-state index in [4.69, 9.17) is 4.42 Å². The zero-order valence-corrected chi connectivity index (χ0v) is 10.9. The van der Waals surface area contributed by atoms with Crippen molar-refractivity contribution in [1.29, 1.82) is 0 Å². The molecule has 96 valence electrons. The Bertz CT molecular complexity index is 675. The lowest BCUT2D eigenvalue weighted by Gasteiger charge is -2.21. The Morgan fingerprint density at radius 3 is 2.28 bits per heavy atom. The standard InChI is InChI=1S/C14H16O4/c1-7-5-8(15)11-9(16)6-10(17)12(13(11)18-7)14(2,3)4/h5-6,16-17H,1-4H3. The molecular weight excluding hydrogens is 232 g/mol. The van der Waals surface area contributed by atoms with Gasteiger partial charge in [0.2, 0.25) is 0 Å². The first-order chi connectivity index (χ1) is 8.21. The average Bonchev–Trinajstić information content (AvgIpc) is 2.11. The summed E-state index contributed by atoms with van der Waals surface area (Å²) in [5.74, 6) is 0.119. The molecule has 0 fully saturated rings. The molecule has 2 N–H and O–H groups in total. The maximum atomic E-state index is 11.9. The molecule has 2 rings (SSSR count). The van der Waals surface area contributed by atoms with Gasteiger partial charge in [0.15, 0.2) is 5.43 Å². The van der Waals surface area contributed by atoms with E-state index in [0.29, 0.717) is 11.3 Å². The minimum atomic E-state index is -0.403. The lowest BCUT2D eigenvalue weighted by atomic mass is 9.85. The molecule has 4 heteroatoms. The van der Waals surface area contributed by atoms with Gasteiger partial charge in [0, 0.05) is 17.7 Å². The summed E-state index contributed by atoms with van der Waals surface area (Å²) in [6.07, 6.45) is 0. The lowest BCUT2D eigenvalue weighted by Crippen LogP contribution is -2.14. The number of fused-ring (bicyclic) bond motifs is 1. The molecule has 0 saturated heterocycles. The molecule has 0 spiro atoms. The van der Waals surface area contributed by atoms with Crippen LogP contribution < -0.4 is 5.43 Å². The molecule has 4 nitrogen and oxygen atoms in total. The number of rotatable bonds is 0. The Balaban J connectivity index is 3.08. The van der Waals surface area contributed by atoms with Crippen molar-refractivity contribution in [2.75, 3.05) is 0 Å². The third-order valence-electron chi connectivity index (χ3n) is 2.83. The number of aryl methyl sites for hydroxylation is 1. The largest absolute Gasteiger partial charge is 0.507 e. The van der Waals surface area contributed by atoms with E-state index in [2.05, 4.69) is 0 Å². The fourth-order valence-electron chi connectivity index (χ4n) is 2.14. The second-order valence-corrected chi connectivity index (χ2v) is 5.47. The maximum Gasteiger partial charge on any atom is 0.196 e. The minimum Gasteiger partial charge on any atom is -0.507 e. The van der Waals surface area contributed by atoms with Gasteiger partial charge in [0.1, 0.15) is 28.2 Å². The van der Waals surface area contributed by atoms with E-state index in [1.165, 1.54) is 12.1 Å². The van der Waals surface area contributed by atoms with Crippen LogP contribution in [0.25, 0.3) is 11.0 Å². The number of hydrogen-bond acceptors (Lipinski definition) is 4. The summed E-state index contributed by atoms with van der Waals surface area (Å²) in [7, 11) is 0. The first-order valence-corrected chi connectivity index (χ1v) is 5.71. The summed E-state index contributed by atoms with van der Waals surface area (Å²) in [5, 5.41) is 19.9. The van der Waals surface area contributed by atoms with Crippen LogP contribution in [0.3, 0.4) is 0 Å². The predicted octanol–water partition coefficient (Wildman–Crippen LogP) is 2.81. The van der Waals surface area contributed by atoms with Crippen LogP contribution in [0.1, 0.15) is 32.1 Å². The van der Waals surface area contributed by atoms with Crippen molar-refractivity contribution in [3.05, 3.63) is 33.7 Å². The molecule has 1 heterocycles. The highest BCUT2D eigenvalue weighted by Crippen LogP contribution is 2.40. The van der Waals surface area contributed by atoms with E-state index in [-0.39, 0.29) is 27.9 Å². The van der Waals surface area contributed by atoms with Gasteiger partial charge in [-0.05, 0) is 12.3 Å². The van der Waals surface area contributed by atoms with Crippen LogP contribution in [0.5, 0.6) is 11.5 Å². The van der Waals surface area contributed by atoms with Gasteiger partial charge in [-0.25, -0.2) is 0 Å². The van der Waals surface area contributed by atoms with Gasteiger partial charge in [-0.3, -0.25) is 4.79 Å². The summed E-state index contributed by atoms with van der Waals surface area (Å²) in [6, 6.07) is 2.51. The van der Waals surface area contributed by atoms with E-state index in [9.17, 15) is 15.0 Å². The molecular formula is C14H16O4. The van der Waals surface area contributed by atoms with Crippen LogP contribution in [0, 0.1) is 6.92 Å². The van der Waals surface area contributed by atoms with Crippen molar-refractivity contribution in [3.8, 4) is 11.5 Å². The van der Waals surface area contributed by atoms with Gasteiger partial charge < -0.3 is 14.6 Å². The number of phenolic OH excluding ortho intramolecular Hbond substituents is 2. The van der Waals surface area contributed by atoms with E-state index < -0.39 is 5.41 Å². The summed E-state index contributed by atoms with van der Waals surface area (Å²) in [4.78, 5) is 11.9. The average molecular weight is 248 g/mol. The molecule has 0 aliphatic heterocycles. The second kappa shape index (κ2) is 3.77. The summed E-state index contributed by atoms with van der Waals surface area (Å²) in [6.45, 7) is 7.37. The van der Waals surface area contributed by atoms with Crippen molar-refractivity contribution in [2.45, 2.75) is 33.1 Å². The van der Waals surface area contributed by atoms with Crippen LogP contribution in [0.2, 0.25) is 0 Å². The van der Waals surface area contributed by atoms with Crippen molar-refractivity contribution in [2.24, 2.45) is 0 Å². The molecule has 0 aliphatic carbocycles. The first kappa shape index (κ1) is 12.5. The number of hydrogen-bond donors (Lipinski definition) is 2. The zero-order chi connectivity index (χ0) is 13.7. The topological polar surface area (TPSA) is 70.7 Å². The van der Waals surface area contributed by atoms with E-state index in [0.717, 1.165) is 0 Å². The van der Waals surface area contributed by atoms with Crippen molar-refractivity contribution in [1.82, 2.24) is 0 Å². The van der Waals surface area contributed by atoms with E-state index in [1.807, 2.05) is 20.8 Å². The summed E-state index contributed by atoms with van der Waals surface area (Å²) >= 11 is 0. The molecule has 0 unspecified atom stereocenters. The molecule has 0 amide bonds. The summed E-state index contributed by atoms with van der Waals surface area (Å²) < 4.78 is 5.54. The Morgan fingerprint density at radius 1 is 1.11 bits per heavy atom. The summed E-state index contributed by atoms with van der Waals surface area (Å²) in [5.41, 5.74) is 0.0672. The molecule has 0 bridgehead atoms. The molecule has 0 aliphatic rings. The Morgan fingerprint density at radius 2 is 1.72 bits per heavy atom. The molecule has 1 aromatic heterocycles. The molecule has 2 aromatic rings. The highest BCUT2D eigenvalue weighted by atomic mass is 16.3. The molecule has 0 saturated carbocycles. The Hall–Kier alpha value is -1.97. The fourth-order valence-corrected chi connectivity index (χ4v) is 2.14. The van der Waals surface area contributed by atoms with Gasteiger partial charge in [-0.2, -0.15) is 0 Å². The van der Waals surface area contributed by atoms with E-state index >= 15 is 0 Å². The van der Waals surface area contributed by atoms with Gasteiger partial charge in [-0.15, -0.1) is 0 Å². The smallest absolute Gasteiger partial charge is 0.196 e. The van der Waals surface area contributed by atoms with Crippen LogP contribution in [-0.2, 0) is 5.41 Å². The SMILES string of the molecule is Cc1cc(=O)c2c(O)cc(O)c(C(C)(C)C)c2o1. The number of phenols is 2. The van der Waals surface area contributed by atoms with Crippen LogP contribution in [-0.4, -0.2) is 10.2 Å². The van der Waals surface area contributed by atoms with Gasteiger partial charge in [0.25, 0.3) is 0 Å². The van der Waals surface area contributed by atoms with Gasteiger partial charge in [0.05, 0.1) is 0 Å². The van der Waals surface area contributed by atoms with Crippen molar-refractivity contribution in [3.63, 3.8) is 0 Å². The fraction of sp³-hybridized carbons (Fsp3) is 0.357. The number of benzene rings is 1. The first-order valence-electron chi connectivity index (χ1n) is 5.71. The molecule has 0 atom stereocenters. The van der Waals surface area contributed by atoms with E-state index in [1.54, 1.807) is 6.92 Å². The molecule has 18 heavy (non-hydrogen) atoms. The predicted molar refractivity (Wildman–Crippen MR) is 69.3 cm³/mol. The van der Waals surface area contributed by atoms with Gasteiger partial charge >= 0.3 is 0 Å². The van der Waals surface area contributed by atoms with Crippen LogP contribution in [0.15, 0.2) is 21.3 Å². The molecule has 0 radical (unpaired) electrons. The van der Waals surface area contributed by atoms with Crippen molar-refractivity contribution < 1.29 is 14.6 Å². The van der Waals surface area contributed by atoms with Crippen LogP contribution in [0.4, 0.5) is 0 Å². The zero-order valence-electron chi connectivity index (χ0n) is 10.9. The normalized spacial score (nSPS) is 12.0. The van der Waals surface area contributed by atoms with Gasteiger partial charge in [-0.1, -0.05) is 20.8 Å². The van der Waals surface area contributed by atoms with Crippen molar-refractivity contribution >= 4 is 11.0 Å². The monoisotopic (exact) mass is 248 g/mol. The lowest BCUT2D eigenvalue weighted by molar-refractivity contribution is 0.429. The minimum absolute atomic E-state index is 0.0683. The Kier molecular flexibility index (Phi) is 2.61. The third kappa shape index (κ3) is 1.83. The number of aromatic hydroxyl groups is 2. The van der Waals surface area contributed by atoms with Crippen LogP contribution >= 0.6 is 0 Å². The highest BCUT2D eigenvalue weighted by Gasteiger charge is 2.26. The maximum absolute atomic E-state index is 11.9. The second-order valence-electron chi connectivity index (χ2n) is 5.47. The third-order valence-corrected chi connectivity index (χ3v) is 2.83. The quantitative estimate of drug-likeness (QED) is 0.752. The highest BCUT2D eigenvalue weighted by molar-refractivity contribution is 5.88. The molecule has 1 aromatic carbocycles. The Labute approximate surface area is 104 Å².